The van der Waals surface area contributed by atoms with Gasteiger partial charge in [-0.25, -0.2) is 0 Å². The molecule has 0 saturated heterocycles. The van der Waals surface area contributed by atoms with Gasteiger partial charge in [-0.05, 0) is 19.1 Å². The van der Waals surface area contributed by atoms with Crippen molar-refractivity contribution in [3.63, 3.8) is 0 Å². The van der Waals surface area contributed by atoms with Crippen molar-refractivity contribution < 1.29 is 4.74 Å². The van der Waals surface area contributed by atoms with Gasteiger partial charge >= 0.3 is 0 Å². The zero-order valence-electron chi connectivity index (χ0n) is 7.24. The first-order valence-corrected chi connectivity index (χ1v) is 3.89. The Bertz CT molecular complexity index is 353. The summed E-state index contributed by atoms with van der Waals surface area (Å²) in [7, 11) is 0. The van der Waals surface area contributed by atoms with Crippen LogP contribution in [0.5, 0.6) is 5.75 Å². The van der Waals surface area contributed by atoms with Crippen LogP contribution in [-0.4, -0.2) is 6.61 Å². The molecule has 0 fully saturated rings. The van der Waals surface area contributed by atoms with Crippen LogP contribution in [-0.2, 0) is 0 Å². The van der Waals surface area contributed by atoms with E-state index in [1.165, 1.54) is 0 Å². The fraction of sp³-hybridized carbons (Fsp3) is 0.200. The van der Waals surface area contributed by atoms with Gasteiger partial charge in [0.2, 0.25) is 0 Å². The first-order valence-electron chi connectivity index (χ1n) is 3.89. The van der Waals surface area contributed by atoms with Gasteiger partial charge in [0, 0.05) is 0 Å². The highest BCUT2D eigenvalue weighted by molar-refractivity contribution is 5.53. The zero-order valence-corrected chi connectivity index (χ0v) is 7.24. The molecule has 0 unspecified atom stereocenters. The van der Waals surface area contributed by atoms with E-state index in [0.29, 0.717) is 23.5 Å². The van der Waals surface area contributed by atoms with Gasteiger partial charge in [0.25, 0.3) is 0 Å². The number of rotatable bonds is 2. The molecule has 3 heteroatoms. The average Bonchev–Trinajstić information content (AvgIpc) is 2.18. The Labute approximate surface area is 76.8 Å². The predicted octanol–water partition coefficient (Wildman–Crippen LogP) is 1.83. The van der Waals surface area contributed by atoms with Crippen molar-refractivity contribution in [2.75, 3.05) is 6.61 Å². The molecule has 0 saturated carbocycles. The molecule has 0 atom stereocenters. The number of benzene rings is 1. The molecule has 1 aromatic carbocycles. The lowest BCUT2D eigenvalue weighted by atomic mass is 10.1. The van der Waals surface area contributed by atoms with Crippen LogP contribution in [0.3, 0.4) is 0 Å². The first-order chi connectivity index (χ1) is 6.33. The van der Waals surface area contributed by atoms with Gasteiger partial charge in [0.1, 0.15) is 12.1 Å². The molecule has 0 spiro atoms. The summed E-state index contributed by atoms with van der Waals surface area (Å²) in [5, 5.41) is 17.5. The third kappa shape index (κ3) is 1.77. The van der Waals surface area contributed by atoms with Crippen LogP contribution in [0.2, 0.25) is 0 Å². The smallest absolute Gasteiger partial charge is 0.154 e. The van der Waals surface area contributed by atoms with Crippen molar-refractivity contribution in [2.24, 2.45) is 0 Å². The maximum Gasteiger partial charge on any atom is 0.154 e. The van der Waals surface area contributed by atoms with E-state index in [1.54, 1.807) is 18.2 Å². The fourth-order valence-electron chi connectivity index (χ4n) is 1.01. The standard InChI is InChI=1S/C10H8N2O/c1-2-13-10-8(6-11)4-3-5-9(10)7-12/h3-5H,2H2,1H3. The van der Waals surface area contributed by atoms with Gasteiger partial charge in [-0.3, -0.25) is 0 Å². The number of nitrogens with zero attached hydrogens (tertiary/aromatic N) is 2. The van der Waals surface area contributed by atoms with Gasteiger partial charge in [-0.1, -0.05) is 6.07 Å². The summed E-state index contributed by atoms with van der Waals surface area (Å²) >= 11 is 0. The quantitative estimate of drug-likeness (QED) is 0.683. The average molecular weight is 172 g/mol. The summed E-state index contributed by atoms with van der Waals surface area (Å²) in [4.78, 5) is 0. The lowest BCUT2D eigenvalue weighted by Crippen LogP contribution is -1.96. The molecule has 13 heavy (non-hydrogen) atoms. The van der Waals surface area contributed by atoms with E-state index in [2.05, 4.69) is 0 Å². The number of hydrogen-bond donors (Lipinski definition) is 0. The van der Waals surface area contributed by atoms with Gasteiger partial charge < -0.3 is 4.74 Å². The van der Waals surface area contributed by atoms with Crippen LogP contribution < -0.4 is 4.74 Å². The van der Waals surface area contributed by atoms with Crippen molar-refractivity contribution in [1.82, 2.24) is 0 Å². The Balaban J connectivity index is 3.25. The summed E-state index contributed by atoms with van der Waals surface area (Å²) in [6.45, 7) is 2.27. The molecule has 0 N–H and O–H groups in total. The maximum atomic E-state index is 8.73. The molecule has 0 aliphatic rings. The van der Waals surface area contributed by atoms with Crippen LogP contribution >= 0.6 is 0 Å². The van der Waals surface area contributed by atoms with Crippen molar-refractivity contribution in [3.05, 3.63) is 29.3 Å². The monoisotopic (exact) mass is 172 g/mol. The van der Waals surface area contributed by atoms with E-state index >= 15 is 0 Å². The van der Waals surface area contributed by atoms with Crippen LogP contribution in [0, 0.1) is 22.7 Å². The second kappa shape index (κ2) is 4.13. The molecule has 1 aromatic rings. The minimum absolute atomic E-state index is 0.384. The van der Waals surface area contributed by atoms with E-state index in [9.17, 15) is 0 Å². The van der Waals surface area contributed by atoms with Crippen molar-refractivity contribution >= 4 is 0 Å². The molecule has 0 aromatic heterocycles. The SMILES string of the molecule is CCOc1c(C#N)cccc1C#N. The van der Waals surface area contributed by atoms with Crippen LogP contribution in [0.1, 0.15) is 18.1 Å². The first kappa shape index (κ1) is 9.09. The van der Waals surface area contributed by atoms with E-state index < -0.39 is 0 Å². The Hall–Kier alpha value is -2.00. The molecule has 0 aliphatic heterocycles. The molecule has 0 amide bonds. The summed E-state index contributed by atoms with van der Waals surface area (Å²) in [5.41, 5.74) is 0.807. The Morgan fingerprint density at radius 2 is 1.77 bits per heavy atom. The van der Waals surface area contributed by atoms with E-state index in [-0.39, 0.29) is 0 Å². The summed E-state index contributed by atoms with van der Waals surface area (Å²) in [5.74, 6) is 0.384. The normalized spacial score (nSPS) is 8.54. The van der Waals surface area contributed by atoms with Crippen molar-refractivity contribution in [2.45, 2.75) is 6.92 Å². The molecule has 1 rings (SSSR count). The third-order valence-corrected chi connectivity index (χ3v) is 1.54. The fourth-order valence-corrected chi connectivity index (χ4v) is 1.01. The highest BCUT2D eigenvalue weighted by Gasteiger charge is 2.07. The van der Waals surface area contributed by atoms with Crippen LogP contribution in [0.25, 0.3) is 0 Å². The summed E-state index contributed by atoms with van der Waals surface area (Å²) in [6.07, 6.45) is 0. The minimum atomic E-state index is 0.384. The highest BCUT2D eigenvalue weighted by atomic mass is 16.5. The topological polar surface area (TPSA) is 56.8 Å². The number of nitriles is 2. The second-order valence-corrected chi connectivity index (χ2v) is 2.34. The van der Waals surface area contributed by atoms with Gasteiger partial charge in [0.15, 0.2) is 5.75 Å². The predicted molar refractivity (Wildman–Crippen MR) is 47.0 cm³/mol. The van der Waals surface area contributed by atoms with E-state index in [0.717, 1.165) is 0 Å². The van der Waals surface area contributed by atoms with E-state index in [1.807, 2.05) is 19.1 Å². The molecule has 0 radical (unpaired) electrons. The second-order valence-electron chi connectivity index (χ2n) is 2.34. The van der Waals surface area contributed by atoms with Gasteiger partial charge in [-0.15, -0.1) is 0 Å². The Kier molecular flexibility index (Phi) is 2.89. The Morgan fingerprint density at radius 3 is 2.15 bits per heavy atom. The molecule has 0 bridgehead atoms. The molecule has 64 valence electrons. The van der Waals surface area contributed by atoms with Crippen LogP contribution in [0.15, 0.2) is 18.2 Å². The van der Waals surface area contributed by atoms with Crippen LogP contribution in [0.4, 0.5) is 0 Å². The van der Waals surface area contributed by atoms with Crippen molar-refractivity contribution in [3.8, 4) is 17.9 Å². The molecule has 0 aliphatic carbocycles. The highest BCUT2D eigenvalue weighted by Crippen LogP contribution is 2.22. The largest absolute Gasteiger partial charge is 0.491 e. The molecule has 0 heterocycles. The maximum absolute atomic E-state index is 8.73. The molecular weight excluding hydrogens is 164 g/mol. The lowest BCUT2D eigenvalue weighted by molar-refractivity contribution is 0.338. The summed E-state index contributed by atoms with van der Waals surface area (Å²) < 4.78 is 5.20. The number of hydrogen-bond acceptors (Lipinski definition) is 3. The molecule has 3 nitrogen and oxygen atoms in total. The zero-order chi connectivity index (χ0) is 9.68. The van der Waals surface area contributed by atoms with Crippen molar-refractivity contribution in [1.29, 1.82) is 10.5 Å². The number of ether oxygens (including phenoxy) is 1. The van der Waals surface area contributed by atoms with Gasteiger partial charge in [-0.2, -0.15) is 10.5 Å². The molecular formula is C10H8N2O. The third-order valence-electron chi connectivity index (χ3n) is 1.54. The lowest BCUT2D eigenvalue weighted by Gasteiger charge is -2.05. The minimum Gasteiger partial charge on any atom is -0.491 e. The van der Waals surface area contributed by atoms with Gasteiger partial charge in [0.05, 0.1) is 17.7 Å². The Morgan fingerprint density at radius 1 is 1.23 bits per heavy atom. The summed E-state index contributed by atoms with van der Waals surface area (Å²) in [6, 6.07) is 8.89. The van der Waals surface area contributed by atoms with E-state index in [4.69, 9.17) is 15.3 Å². The number of para-hydroxylation sites is 1.